The van der Waals surface area contributed by atoms with Gasteiger partial charge in [-0.15, -0.1) is 0 Å². The van der Waals surface area contributed by atoms with E-state index >= 15 is 0 Å². The Morgan fingerprint density at radius 2 is 1.90 bits per heavy atom. The van der Waals surface area contributed by atoms with Crippen molar-refractivity contribution in [2.45, 2.75) is 45.7 Å². The molecule has 0 aliphatic carbocycles. The van der Waals surface area contributed by atoms with Crippen LogP contribution in [0.1, 0.15) is 42.9 Å². The minimum absolute atomic E-state index is 0.112. The van der Waals surface area contributed by atoms with Gasteiger partial charge in [0.2, 0.25) is 5.91 Å². The maximum absolute atomic E-state index is 11.7. The van der Waals surface area contributed by atoms with Crippen molar-refractivity contribution in [1.82, 2.24) is 20.1 Å². The quantitative estimate of drug-likeness (QED) is 0.696. The zero-order valence-electron chi connectivity index (χ0n) is 17.4. The Bertz CT molecular complexity index is 1050. The van der Waals surface area contributed by atoms with Gasteiger partial charge < -0.3 is 10.2 Å². The number of H-pyrrole nitrogens is 1. The van der Waals surface area contributed by atoms with Gasteiger partial charge in [0.25, 0.3) is 0 Å². The largest absolute Gasteiger partial charge is 0.356 e. The van der Waals surface area contributed by atoms with Crippen LogP contribution in [0.3, 0.4) is 0 Å². The molecule has 2 aliphatic rings. The van der Waals surface area contributed by atoms with Gasteiger partial charge in [0.15, 0.2) is 11.5 Å². The summed E-state index contributed by atoms with van der Waals surface area (Å²) < 4.78 is 0. The number of nitrogens with one attached hydrogen (secondary N) is 2. The molecule has 0 bridgehead atoms. The summed E-state index contributed by atoms with van der Waals surface area (Å²) in [4.78, 5) is 21.6. The van der Waals surface area contributed by atoms with Crippen LogP contribution in [0, 0.1) is 0 Å². The van der Waals surface area contributed by atoms with E-state index in [1.807, 2.05) is 0 Å². The highest BCUT2D eigenvalue weighted by Gasteiger charge is 2.28. The minimum atomic E-state index is -0.112. The van der Waals surface area contributed by atoms with E-state index in [0.29, 0.717) is 5.82 Å². The summed E-state index contributed by atoms with van der Waals surface area (Å²) in [6, 6.07) is 10.6. The molecule has 0 saturated carbocycles. The number of benzene rings is 1. The van der Waals surface area contributed by atoms with Crippen molar-refractivity contribution in [3.8, 4) is 0 Å². The molecule has 1 saturated heterocycles. The average Bonchev–Trinajstić information content (AvgIpc) is 3.16. The maximum atomic E-state index is 11.7. The van der Waals surface area contributed by atoms with Crippen LogP contribution in [0.4, 0.5) is 11.6 Å². The van der Waals surface area contributed by atoms with E-state index in [4.69, 9.17) is 4.98 Å². The first kappa shape index (κ1) is 19.1. The lowest BCUT2D eigenvalue weighted by atomic mass is 9.96. The van der Waals surface area contributed by atoms with E-state index in [1.165, 1.54) is 42.9 Å². The summed E-state index contributed by atoms with van der Waals surface area (Å²) in [6.45, 7) is 6.40. The molecule has 3 aromatic rings. The molecule has 5 rings (SSSR count). The number of hydrogen-bond donors (Lipinski definition) is 2. The van der Waals surface area contributed by atoms with E-state index in [-0.39, 0.29) is 5.91 Å². The van der Waals surface area contributed by atoms with Crippen LogP contribution in [0.25, 0.3) is 11.0 Å². The van der Waals surface area contributed by atoms with Crippen molar-refractivity contribution in [1.29, 1.82) is 0 Å². The Morgan fingerprint density at radius 3 is 2.67 bits per heavy atom. The van der Waals surface area contributed by atoms with E-state index in [2.05, 4.69) is 55.6 Å². The molecule has 0 atom stereocenters. The molecule has 4 heterocycles. The number of aromatic amines is 1. The molecule has 2 N–H and O–H groups in total. The van der Waals surface area contributed by atoms with E-state index < -0.39 is 0 Å². The minimum Gasteiger partial charge on any atom is -0.356 e. The lowest BCUT2D eigenvalue weighted by Gasteiger charge is -2.35. The molecule has 1 amide bonds. The number of amides is 1. The Hall–Kier alpha value is -2.93. The normalized spacial score (nSPS) is 17.2. The van der Waals surface area contributed by atoms with Gasteiger partial charge >= 0.3 is 0 Å². The second kappa shape index (κ2) is 8.07. The molecule has 7 nitrogen and oxygen atoms in total. The predicted octanol–water partition coefficient (Wildman–Crippen LogP) is 3.46. The molecule has 156 valence electrons. The summed E-state index contributed by atoms with van der Waals surface area (Å²) >= 11 is 0. The van der Waals surface area contributed by atoms with Crippen LogP contribution in [-0.2, 0) is 24.3 Å². The van der Waals surface area contributed by atoms with Gasteiger partial charge in [-0.3, -0.25) is 14.8 Å². The fourth-order valence-electron chi connectivity index (χ4n) is 4.77. The maximum Gasteiger partial charge on any atom is 0.222 e. The molecule has 0 spiro atoms. The van der Waals surface area contributed by atoms with Crippen molar-refractivity contribution in [2.75, 3.05) is 29.9 Å². The van der Waals surface area contributed by atoms with Crippen LogP contribution in [0.5, 0.6) is 0 Å². The first-order valence-electron chi connectivity index (χ1n) is 10.9. The Balaban J connectivity index is 1.56. The van der Waals surface area contributed by atoms with Gasteiger partial charge in [-0.05, 0) is 36.8 Å². The zero-order valence-corrected chi connectivity index (χ0v) is 17.4. The highest BCUT2D eigenvalue weighted by molar-refractivity contribution is 6.00. The third-order valence-corrected chi connectivity index (χ3v) is 6.16. The summed E-state index contributed by atoms with van der Waals surface area (Å²) in [5.41, 5.74) is 4.67. The van der Waals surface area contributed by atoms with Crippen LogP contribution in [0.15, 0.2) is 30.3 Å². The van der Waals surface area contributed by atoms with Crippen molar-refractivity contribution < 1.29 is 4.79 Å². The van der Waals surface area contributed by atoms with Crippen molar-refractivity contribution >= 4 is 28.6 Å². The number of hydrogen-bond acceptors (Lipinski definition) is 5. The van der Waals surface area contributed by atoms with Crippen molar-refractivity contribution in [2.24, 2.45) is 0 Å². The number of fused-ring (bicyclic) bond motifs is 3. The fourth-order valence-corrected chi connectivity index (χ4v) is 4.77. The average molecular weight is 405 g/mol. The second-order valence-electron chi connectivity index (χ2n) is 8.36. The van der Waals surface area contributed by atoms with Crippen molar-refractivity contribution in [3.05, 3.63) is 47.0 Å². The number of nitrogens with zero attached hydrogens (tertiary/aromatic N) is 4. The summed E-state index contributed by atoms with van der Waals surface area (Å²) in [5, 5.41) is 11.3. The third kappa shape index (κ3) is 3.65. The van der Waals surface area contributed by atoms with Gasteiger partial charge in [0.05, 0.1) is 5.39 Å². The molecule has 7 heteroatoms. The van der Waals surface area contributed by atoms with Crippen LogP contribution in [0.2, 0.25) is 0 Å². The van der Waals surface area contributed by atoms with Gasteiger partial charge in [-0.2, -0.15) is 5.10 Å². The fraction of sp³-hybridized carbons (Fsp3) is 0.435. The SMILES string of the molecule is CC(=O)Nc1n[nH]c2nc(N3CCCCC3)c3c(c12)CCN(Cc1ccccc1)C3. The van der Waals surface area contributed by atoms with Gasteiger partial charge in [-0.1, -0.05) is 30.3 Å². The van der Waals surface area contributed by atoms with Crippen LogP contribution < -0.4 is 10.2 Å². The number of piperidine rings is 1. The molecular formula is C23H28N6O. The summed E-state index contributed by atoms with van der Waals surface area (Å²) in [7, 11) is 0. The van der Waals surface area contributed by atoms with Gasteiger partial charge in [0.1, 0.15) is 5.82 Å². The third-order valence-electron chi connectivity index (χ3n) is 6.16. The molecule has 1 aromatic carbocycles. The molecule has 2 aliphatic heterocycles. The standard InChI is InChI=1S/C23H28N6O/c1-16(30)24-21-20-18-10-13-28(14-17-8-4-2-5-9-17)15-19(18)23(25-22(20)27-26-21)29-11-6-3-7-12-29/h2,4-5,8-9H,3,6-7,10-15H2,1H3,(H2,24,25,26,27,30). The number of anilines is 2. The molecule has 1 fully saturated rings. The number of aromatic nitrogens is 3. The predicted molar refractivity (Wildman–Crippen MR) is 119 cm³/mol. The van der Waals surface area contributed by atoms with Crippen molar-refractivity contribution in [3.63, 3.8) is 0 Å². The summed E-state index contributed by atoms with van der Waals surface area (Å²) in [5.74, 6) is 1.58. The Labute approximate surface area is 176 Å². The van der Waals surface area contributed by atoms with E-state index in [9.17, 15) is 4.79 Å². The number of rotatable bonds is 4. The molecule has 0 unspecified atom stereocenters. The Kier molecular flexibility index (Phi) is 5.12. The van der Waals surface area contributed by atoms with E-state index in [1.54, 1.807) is 0 Å². The topological polar surface area (TPSA) is 77.1 Å². The van der Waals surface area contributed by atoms with Crippen LogP contribution in [-0.4, -0.2) is 45.6 Å². The molecule has 30 heavy (non-hydrogen) atoms. The lowest BCUT2D eigenvalue weighted by molar-refractivity contribution is -0.114. The number of carbonyl (C=O) groups excluding carboxylic acids is 1. The number of carbonyl (C=O) groups is 1. The molecule has 2 aromatic heterocycles. The Morgan fingerprint density at radius 1 is 1.10 bits per heavy atom. The highest BCUT2D eigenvalue weighted by atomic mass is 16.1. The smallest absolute Gasteiger partial charge is 0.222 e. The zero-order chi connectivity index (χ0) is 20.5. The summed E-state index contributed by atoms with van der Waals surface area (Å²) in [6.07, 6.45) is 4.64. The van der Waals surface area contributed by atoms with Gasteiger partial charge in [0, 0.05) is 45.2 Å². The monoisotopic (exact) mass is 404 g/mol. The first-order chi connectivity index (χ1) is 14.7. The highest BCUT2D eigenvalue weighted by Crippen LogP contribution is 2.36. The van der Waals surface area contributed by atoms with E-state index in [0.717, 1.165) is 56.0 Å². The molecule has 0 radical (unpaired) electrons. The second-order valence-corrected chi connectivity index (χ2v) is 8.36. The lowest BCUT2D eigenvalue weighted by Crippen LogP contribution is -2.35. The number of pyridine rings is 1. The van der Waals surface area contributed by atoms with Gasteiger partial charge in [-0.25, -0.2) is 4.98 Å². The van der Waals surface area contributed by atoms with Crippen LogP contribution >= 0.6 is 0 Å². The molecular weight excluding hydrogens is 376 g/mol. The first-order valence-corrected chi connectivity index (χ1v) is 10.9.